The van der Waals surface area contributed by atoms with E-state index < -0.39 is 22.5 Å². The van der Waals surface area contributed by atoms with Gasteiger partial charge >= 0.3 is 12.0 Å². The summed E-state index contributed by atoms with van der Waals surface area (Å²) in [4.78, 5) is 13.2. The second kappa shape index (κ2) is 4.13. The normalized spacial score (nSPS) is 11.5. The average Bonchev–Trinajstić information content (AvgIpc) is 2.77. The molecule has 0 bridgehead atoms. The molecule has 0 N–H and O–H groups in total. The van der Waals surface area contributed by atoms with E-state index in [0.29, 0.717) is 0 Å². The minimum atomic E-state index is -4.46. The van der Waals surface area contributed by atoms with Crippen molar-refractivity contribution >= 4 is 5.82 Å². The van der Waals surface area contributed by atoms with Crippen LogP contribution in [0.15, 0.2) is 36.8 Å². The zero-order valence-corrected chi connectivity index (χ0v) is 8.76. The van der Waals surface area contributed by atoms with Gasteiger partial charge in [-0.3, -0.25) is 4.57 Å². The molecule has 1 aromatic heterocycles. The van der Waals surface area contributed by atoms with Gasteiger partial charge in [0.1, 0.15) is 6.20 Å². The SMILES string of the molecule is O=[N+]([O-])c1cn(-c2cccc(C(F)(F)F)c2)cn1. The van der Waals surface area contributed by atoms with Gasteiger partial charge in [-0.15, -0.1) is 0 Å². The maximum absolute atomic E-state index is 12.5. The molecule has 1 heterocycles. The number of alkyl halides is 3. The molecule has 0 spiro atoms. The summed E-state index contributed by atoms with van der Waals surface area (Å²) in [6.45, 7) is 0. The van der Waals surface area contributed by atoms with E-state index in [2.05, 4.69) is 4.98 Å². The lowest BCUT2D eigenvalue weighted by Gasteiger charge is -2.08. The monoisotopic (exact) mass is 257 g/mol. The van der Waals surface area contributed by atoms with Crippen molar-refractivity contribution in [3.63, 3.8) is 0 Å². The molecule has 0 saturated carbocycles. The van der Waals surface area contributed by atoms with Gasteiger partial charge < -0.3 is 10.1 Å². The molecule has 5 nitrogen and oxygen atoms in total. The highest BCUT2D eigenvalue weighted by Gasteiger charge is 2.30. The Bertz CT molecular complexity index is 592. The third-order valence-electron chi connectivity index (χ3n) is 2.23. The summed E-state index contributed by atoms with van der Waals surface area (Å²) in [6, 6.07) is 4.45. The fourth-order valence-corrected chi connectivity index (χ4v) is 1.39. The van der Waals surface area contributed by atoms with Crippen molar-refractivity contribution in [3.8, 4) is 5.69 Å². The molecule has 8 heteroatoms. The van der Waals surface area contributed by atoms with Crippen LogP contribution < -0.4 is 0 Å². The van der Waals surface area contributed by atoms with Crippen molar-refractivity contribution in [2.45, 2.75) is 6.18 Å². The molecule has 0 aliphatic heterocycles. The molecule has 0 aliphatic carbocycles. The summed E-state index contributed by atoms with van der Waals surface area (Å²) < 4.78 is 38.6. The fourth-order valence-electron chi connectivity index (χ4n) is 1.39. The highest BCUT2D eigenvalue weighted by Crippen LogP contribution is 2.30. The van der Waals surface area contributed by atoms with Crippen molar-refractivity contribution < 1.29 is 18.1 Å². The number of aromatic nitrogens is 2. The van der Waals surface area contributed by atoms with Crippen LogP contribution in [0.4, 0.5) is 19.0 Å². The zero-order chi connectivity index (χ0) is 13.3. The number of rotatable bonds is 2. The van der Waals surface area contributed by atoms with E-state index in [0.717, 1.165) is 29.2 Å². The maximum Gasteiger partial charge on any atom is 0.416 e. The van der Waals surface area contributed by atoms with E-state index in [1.165, 1.54) is 12.1 Å². The fraction of sp³-hybridized carbons (Fsp3) is 0.100. The van der Waals surface area contributed by atoms with E-state index in [4.69, 9.17) is 0 Å². The first-order valence-corrected chi connectivity index (χ1v) is 4.74. The topological polar surface area (TPSA) is 61.0 Å². The minimum Gasteiger partial charge on any atom is -0.358 e. The number of nitro groups is 1. The minimum absolute atomic E-state index is 0.158. The highest BCUT2D eigenvalue weighted by atomic mass is 19.4. The molecule has 0 amide bonds. The van der Waals surface area contributed by atoms with Crippen molar-refractivity contribution in [2.75, 3.05) is 0 Å². The molecular weight excluding hydrogens is 251 g/mol. The van der Waals surface area contributed by atoms with E-state index in [1.807, 2.05) is 0 Å². The van der Waals surface area contributed by atoms with E-state index in [9.17, 15) is 23.3 Å². The van der Waals surface area contributed by atoms with E-state index in [-0.39, 0.29) is 5.69 Å². The molecule has 0 atom stereocenters. The van der Waals surface area contributed by atoms with Crippen LogP contribution in [0.25, 0.3) is 5.69 Å². The number of benzene rings is 1. The van der Waals surface area contributed by atoms with Gasteiger partial charge in [0.05, 0.1) is 5.56 Å². The molecule has 18 heavy (non-hydrogen) atoms. The Morgan fingerprint density at radius 1 is 1.33 bits per heavy atom. The number of hydrogen-bond acceptors (Lipinski definition) is 3. The largest absolute Gasteiger partial charge is 0.416 e. The number of nitrogens with zero attached hydrogens (tertiary/aromatic N) is 3. The van der Waals surface area contributed by atoms with Crippen molar-refractivity contribution in [1.29, 1.82) is 0 Å². The summed E-state index contributed by atoms with van der Waals surface area (Å²) in [5, 5.41) is 10.4. The Morgan fingerprint density at radius 3 is 2.61 bits per heavy atom. The van der Waals surface area contributed by atoms with Crippen LogP contribution in [0, 0.1) is 10.1 Å². The molecule has 2 aromatic rings. The molecule has 2 rings (SSSR count). The summed E-state index contributed by atoms with van der Waals surface area (Å²) in [5.41, 5.74) is -0.665. The molecule has 94 valence electrons. The van der Waals surface area contributed by atoms with Crippen molar-refractivity contribution in [3.05, 3.63) is 52.5 Å². The quantitative estimate of drug-likeness (QED) is 0.613. The average molecular weight is 257 g/mol. The number of hydrogen-bond donors (Lipinski definition) is 0. The van der Waals surface area contributed by atoms with Gasteiger partial charge in [-0.25, -0.2) is 0 Å². The van der Waals surface area contributed by atoms with Gasteiger partial charge in [0.2, 0.25) is 6.33 Å². The van der Waals surface area contributed by atoms with E-state index in [1.54, 1.807) is 0 Å². The maximum atomic E-state index is 12.5. The molecular formula is C10H6F3N3O2. The Morgan fingerprint density at radius 2 is 2.06 bits per heavy atom. The second-order valence-corrected chi connectivity index (χ2v) is 3.44. The lowest BCUT2D eigenvalue weighted by atomic mass is 10.2. The Hall–Kier alpha value is -2.38. The van der Waals surface area contributed by atoms with Crippen LogP contribution >= 0.6 is 0 Å². The Kier molecular flexibility index (Phi) is 2.77. The zero-order valence-electron chi connectivity index (χ0n) is 8.76. The van der Waals surface area contributed by atoms with Gasteiger partial charge in [-0.1, -0.05) is 6.07 Å². The van der Waals surface area contributed by atoms with Crippen molar-refractivity contribution in [1.82, 2.24) is 9.55 Å². The van der Waals surface area contributed by atoms with Crippen LogP contribution in [-0.2, 0) is 6.18 Å². The van der Waals surface area contributed by atoms with Crippen molar-refractivity contribution in [2.24, 2.45) is 0 Å². The predicted molar refractivity (Wildman–Crippen MR) is 55.2 cm³/mol. The van der Waals surface area contributed by atoms with Gasteiger partial charge in [-0.05, 0) is 28.1 Å². The number of imidazole rings is 1. The van der Waals surface area contributed by atoms with Crippen LogP contribution in [0.2, 0.25) is 0 Å². The molecule has 0 fully saturated rings. The first-order valence-electron chi connectivity index (χ1n) is 4.74. The standard InChI is InChI=1S/C10H6F3N3O2/c11-10(12,13)7-2-1-3-8(4-7)15-5-9(14-6-15)16(17)18/h1-6H. The van der Waals surface area contributed by atoms with E-state index >= 15 is 0 Å². The van der Waals surface area contributed by atoms with Crippen LogP contribution in [-0.4, -0.2) is 14.5 Å². The lowest BCUT2D eigenvalue weighted by molar-refractivity contribution is -0.389. The molecule has 0 radical (unpaired) electrons. The summed E-state index contributed by atoms with van der Waals surface area (Å²) in [7, 11) is 0. The van der Waals surface area contributed by atoms with Gasteiger partial charge in [0.25, 0.3) is 0 Å². The summed E-state index contributed by atoms with van der Waals surface area (Å²) in [6.07, 6.45) is -2.31. The first kappa shape index (κ1) is 12.1. The lowest BCUT2D eigenvalue weighted by Crippen LogP contribution is -2.05. The third-order valence-corrected chi connectivity index (χ3v) is 2.23. The predicted octanol–water partition coefficient (Wildman–Crippen LogP) is 2.80. The van der Waals surface area contributed by atoms with Gasteiger partial charge in [0.15, 0.2) is 0 Å². The molecule has 0 unspecified atom stereocenters. The summed E-state index contributed by atoms with van der Waals surface area (Å²) in [5.74, 6) is -0.424. The highest BCUT2D eigenvalue weighted by molar-refractivity contribution is 5.38. The Labute approximate surface area is 98.6 Å². The smallest absolute Gasteiger partial charge is 0.358 e. The Balaban J connectivity index is 2.41. The second-order valence-electron chi connectivity index (χ2n) is 3.44. The molecule has 0 aliphatic rings. The third kappa shape index (κ3) is 2.31. The molecule has 0 saturated heterocycles. The first-order chi connectivity index (χ1) is 8.38. The summed E-state index contributed by atoms with van der Waals surface area (Å²) >= 11 is 0. The van der Waals surface area contributed by atoms with Crippen LogP contribution in [0.5, 0.6) is 0 Å². The van der Waals surface area contributed by atoms with Crippen LogP contribution in [0.1, 0.15) is 5.56 Å². The van der Waals surface area contributed by atoms with Gasteiger partial charge in [0, 0.05) is 5.69 Å². The number of halogens is 3. The van der Waals surface area contributed by atoms with Crippen LogP contribution in [0.3, 0.4) is 0 Å². The molecule has 1 aromatic carbocycles. The van der Waals surface area contributed by atoms with Gasteiger partial charge in [-0.2, -0.15) is 13.2 Å².